The second-order valence-corrected chi connectivity index (χ2v) is 6.17. The first-order valence-corrected chi connectivity index (χ1v) is 8.05. The number of allylic oxidation sites excluding steroid dienone is 2. The summed E-state index contributed by atoms with van der Waals surface area (Å²) in [5, 5.41) is 3.08. The summed E-state index contributed by atoms with van der Waals surface area (Å²) in [6.07, 6.45) is 9.71. The third-order valence-corrected chi connectivity index (χ3v) is 4.55. The van der Waals surface area contributed by atoms with Gasteiger partial charge in [-0.15, -0.1) is 0 Å². The van der Waals surface area contributed by atoms with Crippen molar-refractivity contribution in [1.82, 2.24) is 0 Å². The number of anilines is 2. The van der Waals surface area contributed by atoms with Crippen molar-refractivity contribution in [3.8, 4) is 0 Å². The molecule has 1 aromatic carbocycles. The van der Waals surface area contributed by atoms with Crippen LogP contribution in [0.5, 0.6) is 0 Å². The predicted molar refractivity (Wildman–Crippen MR) is 87.7 cm³/mol. The van der Waals surface area contributed by atoms with Gasteiger partial charge in [-0.2, -0.15) is 0 Å². The first-order valence-electron chi connectivity index (χ1n) is 8.05. The molecule has 112 valence electrons. The highest BCUT2D eigenvalue weighted by Crippen LogP contribution is 2.27. The molecule has 0 unspecified atom stereocenters. The topological polar surface area (TPSA) is 32.3 Å². The molecule has 0 bridgehead atoms. The van der Waals surface area contributed by atoms with Gasteiger partial charge in [-0.1, -0.05) is 12.2 Å². The Hall–Kier alpha value is -1.77. The van der Waals surface area contributed by atoms with Crippen LogP contribution in [0.15, 0.2) is 30.4 Å². The standard InChI is InChI=1S/C18H24N2O/c1-14-13-16(9-10-17(14)20-11-5-6-12-20)19-18(21)15-7-3-2-4-8-15/h2-3,9-10,13,15H,4-8,11-12H2,1H3,(H,19,21)/t15-/m1/s1. The fourth-order valence-corrected chi connectivity index (χ4v) is 3.32. The van der Waals surface area contributed by atoms with Gasteiger partial charge >= 0.3 is 0 Å². The Morgan fingerprint density at radius 2 is 2.05 bits per heavy atom. The molecule has 3 heteroatoms. The lowest BCUT2D eigenvalue weighted by Gasteiger charge is -2.21. The van der Waals surface area contributed by atoms with E-state index >= 15 is 0 Å². The molecule has 0 radical (unpaired) electrons. The number of nitrogens with zero attached hydrogens (tertiary/aromatic N) is 1. The Balaban J connectivity index is 1.67. The number of benzene rings is 1. The van der Waals surface area contributed by atoms with Gasteiger partial charge in [-0.3, -0.25) is 4.79 Å². The van der Waals surface area contributed by atoms with Crippen LogP contribution in [-0.2, 0) is 4.79 Å². The number of amides is 1. The quantitative estimate of drug-likeness (QED) is 0.854. The molecule has 0 spiro atoms. The maximum absolute atomic E-state index is 12.3. The van der Waals surface area contributed by atoms with Crippen LogP contribution in [-0.4, -0.2) is 19.0 Å². The molecule has 2 aliphatic rings. The molecule has 3 nitrogen and oxygen atoms in total. The summed E-state index contributed by atoms with van der Waals surface area (Å²) in [4.78, 5) is 14.7. The number of nitrogens with one attached hydrogen (secondary N) is 1. The summed E-state index contributed by atoms with van der Waals surface area (Å²) in [6, 6.07) is 6.29. The van der Waals surface area contributed by atoms with E-state index < -0.39 is 0 Å². The van der Waals surface area contributed by atoms with Crippen LogP contribution in [0.3, 0.4) is 0 Å². The Labute approximate surface area is 127 Å². The molecule has 1 saturated heterocycles. The van der Waals surface area contributed by atoms with E-state index in [2.05, 4.69) is 41.4 Å². The minimum Gasteiger partial charge on any atom is -0.371 e. The van der Waals surface area contributed by atoms with Crippen LogP contribution < -0.4 is 10.2 Å². The predicted octanol–water partition coefficient (Wildman–Crippen LogP) is 3.89. The summed E-state index contributed by atoms with van der Waals surface area (Å²) in [5.41, 5.74) is 3.49. The van der Waals surface area contributed by atoms with Crippen molar-refractivity contribution < 1.29 is 4.79 Å². The SMILES string of the molecule is Cc1cc(NC(=O)[C@@H]2CC=CCC2)ccc1N1CCCC1. The summed E-state index contributed by atoms with van der Waals surface area (Å²) in [7, 11) is 0. The average molecular weight is 284 g/mol. The van der Waals surface area contributed by atoms with Crippen molar-refractivity contribution in [3.63, 3.8) is 0 Å². The van der Waals surface area contributed by atoms with Gasteiger partial charge in [-0.25, -0.2) is 0 Å². The molecule has 3 rings (SSSR count). The summed E-state index contributed by atoms with van der Waals surface area (Å²) in [5.74, 6) is 0.293. The van der Waals surface area contributed by atoms with E-state index in [1.54, 1.807) is 0 Å². The monoisotopic (exact) mass is 284 g/mol. The third-order valence-electron chi connectivity index (χ3n) is 4.55. The molecule has 1 aromatic rings. The molecular formula is C18H24N2O. The van der Waals surface area contributed by atoms with E-state index in [0.717, 1.165) is 38.0 Å². The van der Waals surface area contributed by atoms with Gasteiger partial charge in [0.15, 0.2) is 0 Å². The van der Waals surface area contributed by atoms with Gasteiger partial charge in [-0.05, 0) is 62.8 Å². The maximum atomic E-state index is 12.3. The molecule has 1 atom stereocenters. The number of hydrogen-bond donors (Lipinski definition) is 1. The van der Waals surface area contributed by atoms with Gasteiger partial charge in [0.2, 0.25) is 5.91 Å². The highest BCUT2D eigenvalue weighted by Gasteiger charge is 2.19. The molecule has 1 amide bonds. The van der Waals surface area contributed by atoms with Crippen LogP contribution in [0.2, 0.25) is 0 Å². The molecule has 1 fully saturated rings. The molecule has 0 saturated carbocycles. The van der Waals surface area contributed by atoms with Crippen molar-refractivity contribution in [1.29, 1.82) is 0 Å². The second-order valence-electron chi connectivity index (χ2n) is 6.17. The molecular weight excluding hydrogens is 260 g/mol. The van der Waals surface area contributed by atoms with E-state index in [9.17, 15) is 4.79 Å². The summed E-state index contributed by atoms with van der Waals surface area (Å²) < 4.78 is 0. The lowest BCUT2D eigenvalue weighted by Crippen LogP contribution is -2.24. The van der Waals surface area contributed by atoms with Crippen LogP contribution in [0.1, 0.15) is 37.7 Å². The van der Waals surface area contributed by atoms with Crippen molar-refractivity contribution in [2.45, 2.75) is 39.0 Å². The Morgan fingerprint density at radius 3 is 2.71 bits per heavy atom. The zero-order valence-electron chi connectivity index (χ0n) is 12.8. The Bertz CT molecular complexity index is 544. The number of hydrogen-bond acceptors (Lipinski definition) is 2. The summed E-state index contributed by atoms with van der Waals surface area (Å²) >= 11 is 0. The fraction of sp³-hybridized carbons (Fsp3) is 0.500. The van der Waals surface area contributed by atoms with Gasteiger partial charge in [0.05, 0.1) is 0 Å². The molecule has 1 aliphatic carbocycles. The van der Waals surface area contributed by atoms with Gasteiger partial charge in [0, 0.05) is 30.4 Å². The number of rotatable bonds is 3. The summed E-state index contributed by atoms with van der Waals surface area (Å²) in [6.45, 7) is 4.44. The minimum atomic E-state index is 0.133. The van der Waals surface area contributed by atoms with E-state index in [0.29, 0.717) is 0 Å². The van der Waals surface area contributed by atoms with Crippen LogP contribution >= 0.6 is 0 Å². The van der Waals surface area contributed by atoms with Gasteiger partial charge in [0.1, 0.15) is 0 Å². The number of aryl methyl sites for hydroxylation is 1. The highest BCUT2D eigenvalue weighted by atomic mass is 16.1. The van der Waals surface area contributed by atoms with E-state index in [-0.39, 0.29) is 11.8 Å². The molecule has 21 heavy (non-hydrogen) atoms. The lowest BCUT2D eigenvalue weighted by atomic mass is 9.93. The Kier molecular flexibility index (Phi) is 4.28. The smallest absolute Gasteiger partial charge is 0.227 e. The van der Waals surface area contributed by atoms with Crippen molar-refractivity contribution in [2.75, 3.05) is 23.3 Å². The second kappa shape index (κ2) is 6.33. The van der Waals surface area contributed by atoms with Crippen molar-refractivity contribution in [2.24, 2.45) is 5.92 Å². The molecule has 1 N–H and O–H groups in total. The largest absolute Gasteiger partial charge is 0.371 e. The van der Waals surface area contributed by atoms with Gasteiger partial charge < -0.3 is 10.2 Å². The number of carbonyl (C=O) groups excluding carboxylic acids is 1. The lowest BCUT2D eigenvalue weighted by molar-refractivity contribution is -0.120. The average Bonchev–Trinajstić information content (AvgIpc) is 3.02. The molecule has 1 aliphatic heterocycles. The third kappa shape index (κ3) is 3.29. The van der Waals surface area contributed by atoms with E-state index in [1.807, 2.05) is 6.07 Å². The maximum Gasteiger partial charge on any atom is 0.227 e. The van der Waals surface area contributed by atoms with E-state index in [1.165, 1.54) is 24.1 Å². The zero-order chi connectivity index (χ0) is 14.7. The van der Waals surface area contributed by atoms with Crippen LogP contribution in [0, 0.1) is 12.8 Å². The number of carbonyl (C=O) groups is 1. The normalized spacial score (nSPS) is 21.6. The fourth-order valence-electron chi connectivity index (χ4n) is 3.32. The van der Waals surface area contributed by atoms with E-state index in [4.69, 9.17) is 0 Å². The molecule has 1 heterocycles. The molecule has 0 aromatic heterocycles. The van der Waals surface area contributed by atoms with Crippen molar-refractivity contribution in [3.05, 3.63) is 35.9 Å². The Morgan fingerprint density at radius 1 is 1.24 bits per heavy atom. The van der Waals surface area contributed by atoms with Gasteiger partial charge in [0.25, 0.3) is 0 Å². The van der Waals surface area contributed by atoms with Crippen molar-refractivity contribution >= 4 is 17.3 Å². The van der Waals surface area contributed by atoms with Crippen LogP contribution in [0.25, 0.3) is 0 Å². The van der Waals surface area contributed by atoms with Crippen LogP contribution in [0.4, 0.5) is 11.4 Å². The first-order chi connectivity index (χ1) is 10.2. The zero-order valence-corrected chi connectivity index (χ0v) is 12.8. The minimum absolute atomic E-state index is 0.133. The highest BCUT2D eigenvalue weighted by molar-refractivity contribution is 5.93. The first kappa shape index (κ1) is 14.2.